The maximum atomic E-state index is 12.1. The predicted octanol–water partition coefficient (Wildman–Crippen LogP) is 4.11. The van der Waals surface area contributed by atoms with Gasteiger partial charge in [0.1, 0.15) is 0 Å². The van der Waals surface area contributed by atoms with Crippen LogP contribution in [0.1, 0.15) is 21.6 Å². The van der Waals surface area contributed by atoms with Gasteiger partial charge in [0.2, 0.25) is 0 Å². The molecule has 126 valence electrons. The third-order valence-electron chi connectivity index (χ3n) is 3.38. The number of hydrazone groups is 1. The summed E-state index contributed by atoms with van der Waals surface area (Å²) in [4.78, 5) is 12.1. The number of hydrogen-bond donors (Lipinski definition) is 1. The highest BCUT2D eigenvalue weighted by molar-refractivity contribution is 9.10. The van der Waals surface area contributed by atoms with Crippen LogP contribution in [0.4, 0.5) is 0 Å². The lowest BCUT2D eigenvalue weighted by atomic mass is 10.2. The second-order valence-electron chi connectivity index (χ2n) is 5.28. The Balaban J connectivity index is 1.58. The standard InChI is InChI=1S/C18H14BrClN4O/c19-15-5-1-14(2-6-15)12-24-10-9-17(23-24)18(25)22-21-11-13-3-7-16(20)8-4-13/h1-11H,12H2,(H,22,25)/b21-11+. The average molecular weight is 418 g/mol. The van der Waals surface area contributed by atoms with Crippen molar-refractivity contribution in [1.29, 1.82) is 0 Å². The number of rotatable bonds is 5. The fraction of sp³-hybridized carbons (Fsp3) is 0.0556. The van der Waals surface area contributed by atoms with Crippen LogP contribution in [-0.4, -0.2) is 21.9 Å². The molecule has 0 unspecified atom stereocenters. The van der Waals surface area contributed by atoms with Gasteiger partial charge in [-0.15, -0.1) is 0 Å². The number of carbonyl (C=O) groups is 1. The van der Waals surface area contributed by atoms with Gasteiger partial charge in [0.25, 0.3) is 5.91 Å². The second kappa shape index (κ2) is 8.09. The molecule has 0 saturated heterocycles. The first-order valence-electron chi connectivity index (χ1n) is 7.47. The van der Waals surface area contributed by atoms with E-state index in [1.54, 1.807) is 35.3 Å². The first-order valence-corrected chi connectivity index (χ1v) is 8.64. The largest absolute Gasteiger partial charge is 0.291 e. The van der Waals surface area contributed by atoms with E-state index in [4.69, 9.17) is 11.6 Å². The Kier molecular flexibility index (Phi) is 5.63. The van der Waals surface area contributed by atoms with Crippen molar-refractivity contribution in [1.82, 2.24) is 15.2 Å². The summed E-state index contributed by atoms with van der Waals surface area (Å²) in [5.74, 6) is -0.361. The molecule has 2 aromatic carbocycles. The highest BCUT2D eigenvalue weighted by Gasteiger charge is 2.08. The number of amides is 1. The molecule has 5 nitrogen and oxygen atoms in total. The number of aromatic nitrogens is 2. The highest BCUT2D eigenvalue weighted by Crippen LogP contribution is 2.11. The summed E-state index contributed by atoms with van der Waals surface area (Å²) in [6, 6.07) is 16.7. The van der Waals surface area contributed by atoms with Crippen LogP contribution in [0.25, 0.3) is 0 Å². The third kappa shape index (κ3) is 5.01. The van der Waals surface area contributed by atoms with Crippen molar-refractivity contribution in [3.05, 3.63) is 87.1 Å². The Morgan fingerprint density at radius 2 is 1.88 bits per heavy atom. The first-order chi connectivity index (χ1) is 12.1. The Morgan fingerprint density at radius 3 is 2.60 bits per heavy atom. The van der Waals surface area contributed by atoms with Gasteiger partial charge >= 0.3 is 0 Å². The summed E-state index contributed by atoms with van der Waals surface area (Å²) in [5, 5.41) is 8.85. The fourth-order valence-electron chi connectivity index (χ4n) is 2.12. The molecule has 3 rings (SSSR count). The topological polar surface area (TPSA) is 59.3 Å². The first kappa shape index (κ1) is 17.4. The van der Waals surface area contributed by atoms with Crippen molar-refractivity contribution in [2.45, 2.75) is 6.54 Å². The summed E-state index contributed by atoms with van der Waals surface area (Å²) in [7, 11) is 0. The summed E-state index contributed by atoms with van der Waals surface area (Å²) < 4.78 is 2.73. The lowest BCUT2D eigenvalue weighted by molar-refractivity contribution is 0.0949. The molecule has 0 aliphatic carbocycles. The number of nitrogens with zero attached hydrogens (tertiary/aromatic N) is 3. The quantitative estimate of drug-likeness (QED) is 0.502. The van der Waals surface area contributed by atoms with E-state index < -0.39 is 0 Å². The van der Waals surface area contributed by atoms with Gasteiger partial charge in [-0.25, -0.2) is 5.43 Å². The van der Waals surface area contributed by atoms with Crippen LogP contribution in [0.3, 0.4) is 0 Å². The molecule has 0 saturated carbocycles. The maximum absolute atomic E-state index is 12.1. The van der Waals surface area contributed by atoms with Crippen molar-refractivity contribution in [3.8, 4) is 0 Å². The second-order valence-corrected chi connectivity index (χ2v) is 6.63. The maximum Gasteiger partial charge on any atom is 0.291 e. The van der Waals surface area contributed by atoms with Crippen molar-refractivity contribution in [3.63, 3.8) is 0 Å². The molecule has 0 bridgehead atoms. The van der Waals surface area contributed by atoms with E-state index in [-0.39, 0.29) is 5.91 Å². The molecule has 0 aliphatic heterocycles. The summed E-state index contributed by atoms with van der Waals surface area (Å²) >= 11 is 9.22. The van der Waals surface area contributed by atoms with Crippen molar-refractivity contribution in [2.75, 3.05) is 0 Å². The van der Waals surface area contributed by atoms with Gasteiger partial charge in [0.05, 0.1) is 12.8 Å². The Bertz CT molecular complexity index is 888. The lowest BCUT2D eigenvalue weighted by Crippen LogP contribution is -2.18. The number of hydrogen-bond acceptors (Lipinski definition) is 3. The predicted molar refractivity (Wildman–Crippen MR) is 102 cm³/mol. The van der Waals surface area contributed by atoms with E-state index in [1.165, 1.54) is 0 Å². The normalized spacial score (nSPS) is 11.0. The van der Waals surface area contributed by atoms with Crippen LogP contribution >= 0.6 is 27.5 Å². The highest BCUT2D eigenvalue weighted by atomic mass is 79.9. The van der Waals surface area contributed by atoms with Gasteiger partial charge in [0.15, 0.2) is 5.69 Å². The van der Waals surface area contributed by atoms with Crippen molar-refractivity contribution < 1.29 is 4.79 Å². The van der Waals surface area contributed by atoms with E-state index in [0.29, 0.717) is 17.3 Å². The van der Waals surface area contributed by atoms with Gasteiger partial charge < -0.3 is 0 Å². The molecule has 1 heterocycles. The van der Waals surface area contributed by atoms with E-state index >= 15 is 0 Å². The minimum Gasteiger partial charge on any atom is -0.268 e. The number of nitrogens with one attached hydrogen (secondary N) is 1. The summed E-state index contributed by atoms with van der Waals surface area (Å²) in [6.07, 6.45) is 3.31. The molecule has 0 radical (unpaired) electrons. The molecule has 1 N–H and O–H groups in total. The zero-order valence-corrected chi connectivity index (χ0v) is 15.4. The van der Waals surface area contributed by atoms with Gasteiger partial charge in [-0.1, -0.05) is 51.8 Å². The lowest BCUT2D eigenvalue weighted by Gasteiger charge is -2.02. The van der Waals surface area contributed by atoms with Gasteiger partial charge in [-0.05, 0) is 41.5 Å². The third-order valence-corrected chi connectivity index (χ3v) is 4.16. The monoisotopic (exact) mass is 416 g/mol. The molecule has 7 heteroatoms. The van der Waals surface area contributed by atoms with Crippen LogP contribution in [0.15, 0.2) is 70.4 Å². The average Bonchev–Trinajstić information content (AvgIpc) is 3.07. The summed E-state index contributed by atoms with van der Waals surface area (Å²) in [6.45, 7) is 0.592. The zero-order valence-electron chi connectivity index (χ0n) is 13.1. The molecule has 1 amide bonds. The van der Waals surface area contributed by atoms with E-state index in [2.05, 4.69) is 31.6 Å². The Hall–Kier alpha value is -2.44. The number of carbonyl (C=O) groups excluding carboxylic acids is 1. The minimum absolute atomic E-state index is 0.311. The zero-order chi connectivity index (χ0) is 17.6. The van der Waals surface area contributed by atoms with Gasteiger partial charge in [-0.2, -0.15) is 10.2 Å². The van der Waals surface area contributed by atoms with Crippen LogP contribution in [-0.2, 0) is 6.54 Å². The van der Waals surface area contributed by atoms with E-state index in [1.807, 2.05) is 36.4 Å². The number of halogens is 2. The van der Waals surface area contributed by atoms with Crippen LogP contribution < -0.4 is 5.43 Å². The molecule has 25 heavy (non-hydrogen) atoms. The van der Waals surface area contributed by atoms with Gasteiger partial charge in [0, 0.05) is 15.7 Å². The Labute approximate surface area is 158 Å². The van der Waals surface area contributed by atoms with E-state index in [9.17, 15) is 4.79 Å². The smallest absolute Gasteiger partial charge is 0.268 e. The van der Waals surface area contributed by atoms with Crippen LogP contribution in [0, 0.1) is 0 Å². The van der Waals surface area contributed by atoms with Gasteiger partial charge in [-0.3, -0.25) is 9.48 Å². The Morgan fingerprint density at radius 1 is 1.16 bits per heavy atom. The molecule has 0 fully saturated rings. The fourth-order valence-corrected chi connectivity index (χ4v) is 2.51. The molecule has 0 aliphatic rings. The molecule has 0 atom stereocenters. The molecule has 3 aromatic rings. The van der Waals surface area contributed by atoms with Crippen molar-refractivity contribution >= 4 is 39.7 Å². The van der Waals surface area contributed by atoms with Crippen molar-refractivity contribution in [2.24, 2.45) is 5.10 Å². The number of benzene rings is 2. The molecule has 1 aromatic heterocycles. The van der Waals surface area contributed by atoms with E-state index in [0.717, 1.165) is 15.6 Å². The minimum atomic E-state index is -0.361. The summed E-state index contributed by atoms with van der Waals surface area (Å²) in [5.41, 5.74) is 4.71. The molecular formula is C18H14BrClN4O. The molecule has 0 spiro atoms. The van der Waals surface area contributed by atoms with Crippen LogP contribution in [0.5, 0.6) is 0 Å². The molecular weight excluding hydrogens is 404 g/mol. The van der Waals surface area contributed by atoms with Crippen LogP contribution in [0.2, 0.25) is 5.02 Å². The SMILES string of the molecule is O=C(N/N=C/c1ccc(Cl)cc1)c1ccn(Cc2ccc(Br)cc2)n1.